The second-order valence-corrected chi connectivity index (χ2v) is 11.5. The number of anilines is 1. The molecule has 3 aromatic rings. The maximum Gasteiger partial charge on any atom is 0.303 e. The zero-order valence-electron chi connectivity index (χ0n) is 21.8. The van der Waals surface area contributed by atoms with Crippen LogP contribution in [-0.4, -0.2) is 67.7 Å². The zero-order chi connectivity index (χ0) is 27.7. The van der Waals surface area contributed by atoms with E-state index in [2.05, 4.69) is 9.82 Å². The van der Waals surface area contributed by atoms with Crippen LogP contribution in [0.2, 0.25) is 0 Å². The third-order valence-corrected chi connectivity index (χ3v) is 8.78. The Morgan fingerprint density at radius 1 is 1.23 bits per heavy atom. The molecule has 1 unspecified atom stereocenters. The van der Waals surface area contributed by atoms with Gasteiger partial charge in [0.2, 0.25) is 0 Å². The minimum Gasteiger partial charge on any atom is -0.487 e. The molecule has 2 saturated heterocycles. The molecule has 5 rings (SSSR count). The second-order valence-electron chi connectivity index (χ2n) is 9.71. The smallest absolute Gasteiger partial charge is 0.303 e. The Kier molecular flexibility index (Phi) is 7.74. The Morgan fingerprint density at radius 2 is 2.00 bits per heavy atom. The van der Waals surface area contributed by atoms with Crippen molar-refractivity contribution in [1.82, 2.24) is 18.6 Å². The monoisotopic (exact) mass is 563 g/mol. The molecule has 39 heavy (non-hydrogen) atoms. The van der Waals surface area contributed by atoms with Crippen molar-refractivity contribution < 1.29 is 31.5 Å². The number of aromatic nitrogens is 2. The van der Waals surface area contributed by atoms with E-state index in [1.165, 1.54) is 23.8 Å². The van der Waals surface area contributed by atoms with E-state index in [9.17, 15) is 17.6 Å². The Labute approximate surface area is 225 Å². The molecule has 2 fully saturated rings. The topological polar surface area (TPSA) is 105 Å². The number of hydrogen-bond donors (Lipinski definition) is 1. The highest BCUT2D eigenvalue weighted by Gasteiger charge is 2.32. The molecule has 13 heteroatoms. The van der Waals surface area contributed by atoms with Crippen LogP contribution in [0.3, 0.4) is 0 Å². The van der Waals surface area contributed by atoms with Crippen LogP contribution in [0, 0.1) is 11.6 Å². The van der Waals surface area contributed by atoms with Crippen LogP contribution in [0.1, 0.15) is 54.6 Å². The van der Waals surface area contributed by atoms with Crippen LogP contribution >= 0.6 is 0 Å². The van der Waals surface area contributed by atoms with Crippen LogP contribution in [0.5, 0.6) is 5.75 Å². The van der Waals surface area contributed by atoms with Crippen molar-refractivity contribution in [1.29, 1.82) is 0 Å². The van der Waals surface area contributed by atoms with Gasteiger partial charge in [-0.05, 0) is 31.0 Å². The van der Waals surface area contributed by atoms with Crippen LogP contribution in [-0.2, 0) is 14.9 Å². The van der Waals surface area contributed by atoms with Gasteiger partial charge >= 0.3 is 10.2 Å². The van der Waals surface area contributed by atoms with Crippen molar-refractivity contribution in [3.05, 3.63) is 59.4 Å². The fourth-order valence-corrected chi connectivity index (χ4v) is 5.89. The van der Waals surface area contributed by atoms with Crippen molar-refractivity contribution in [3.8, 4) is 5.75 Å². The maximum absolute atomic E-state index is 15.1. The molecule has 1 atom stereocenters. The third kappa shape index (κ3) is 5.56. The largest absolute Gasteiger partial charge is 0.487 e. The van der Waals surface area contributed by atoms with Gasteiger partial charge in [0.25, 0.3) is 5.91 Å². The summed E-state index contributed by atoms with van der Waals surface area (Å²) in [5, 5.41) is 4.18. The second kappa shape index (κ2) is 11.1. The van der Waals surface area contributed by atoms with Crippen molar-refractivity contribution in [2.45, 2.75) is 44.8 Å². The Balaban J connectivity index is 1.47. The van der Waals surface area contributed by atoms with E-state index >= 15 is 4.39 Å². The molecule has 1 aromatic carbocycles. The average Bonchev–Trinajstić information content (AvgIpc) is 3.57. The fourth-order valence-electron chi connectivity index (χ4n) is 5.05. The SMILES string of the molecule is CCN(C)S(=O)(=O)NC(=O)c1cnn2ccc(N3CCCC3c3cc(F)cc(F)c3OC3CCOCC3)cc12. The van der Waals surface area contributed by atoms with E-state index in [0.717, 1.165) is 16.8 Å². The molecule has 2 aliphatic rings. The van der Waals surface area contributed by atoms with Crippen LogP contribution in [0.15, 0.2) is 36.7 Å². The standard InChI is InChI=1S/C26H31F2N5O5S/c1-3-31(2)39(35,36)30-26(34)21-16-29-33-10-6-18(15-24(21)33)32-9-4-5-23(32)20-13-17(27)14-22(28)25(20)38-19-7-11-37-12-8-19/h6,10,13-16,19,23H,3-5,7-9,11-12H2,1-2H3,(H,30,34). The molecule has 0 aliphatic carbocycles. The van der Waals surface area contributed by atoms with Gasteiger partial charge in [-0.15, -0.1) is 0 Å². The van der Waals surface area contributed by atoms with E-state index in [1.807, 2.05) is 4.90 Å². The average molecular weight is 564 g/mol. The van der Waals surface area contributed by atoms with Gasteiger partial charge < -0.3 is 14.4 Å². The highest BCUT2D eigenvalue weighted by molar-refractivity contribution is 7.87. The molecule has 0 saturated carbocycles. The Bertz CT molecular complexity index is 1470. The van der Waals surface area contributed by atoms with Crippen LogP contribution in [0.4, 0.5) is 14.5 Å². The molecule has 10 nitrogen and oxygen atoms in total. The lowest BCUT2D eigenvalue weighted by molar-refractivity contribution is 0.0234. The molecule has 1 N–H and O–H groups in total. The van der Waals surface area contributed by atoms with Gasteiger partial charge in [-0.3, -0.25) is 4.79 Å². The highest BCUT2D eigenvalue weighted by Crippen LogP contribution is 2.42. The van der Waals surface area contributed by atoms with E-state index in [4.69, 9.17) is 9.47 Å². The molecule has 2 aromatic heterocycles. The van der Waals surface area contributed by atoms with Crippen molar-refractivity contribution in [2.75, 3.05) is 38.3 Å². The van der Waals surface area contributed by atoms with Crippen molar-refractivity contribution in [3.63, 3.8) is 0 Å². The molecule has 4 heterocycles. The maximum atomic E-state index is 15.1. The number of carbonyl (C=O) groups excluding carboxylic acids is 1. The number of halogens is 2. The molecular formula is C26H31F2N5O5S. The lowest BCUT2D eigenvalue weighted by Crippen LogP contribution is -2.41. The summed E-state index contributed by atoms with van der Waals surface area (Å²) in [6.45, 7) is 3.51. The number of nitrogens with zero attached hydrogens (tertiary/aromatic N) is 4. The van der Waals surface area contributed by atoms with Crippen LogP contribution < -0.4 is 14.4 Å². The lowest BCUT2D eigenvalue weighted by Gasteiger charge is -2.30. The molecule has 0 radical (unpaired) electrons. The molecule has 210 valence electrons. The number of fused-ring (bicyclic) bond motifs is 1. The third-order valence-electron chi connectivity index (χ3n) is 7.26. The van der Waals surface area contributed by atoms with E-state index in [1.54, 1.807) is 25.3 Å². The van der Waals surface area contributed by atoms with Gasteiger partial charge in [-0.2, -0.15) is 17.8 Å². The van der Waals surface area contributed by atoms with Gasteiger partial charge in [0.15, 0.2) is 11.6 Å². The highest BCUT2D eigenvalue weighted by atomic mass is 32.2. The summed E-state index contributed by atoms with van der Waals surface area (Å²) in [5.74, 6) is -2.18. The normalized spacial score (nSPS) is 18.7. The quantitative estimate of drug-likeness (QED) is 0.448. The number of benzene rings is 1. The first-order chi connectivity index (χ1) is 18.7. The summed E-state index contributed by atoms with van der Waals surface area (Å²) in [5.41, 5.74) is 1.61. The van der Waals surface area contributed by atoms with Gasteiger partial charge in [0.1, 0.15) is 11.9 Å². The number of ether oxygens (including phenoxy) is 2. The van der Waals surface area contributed by atoms with Gasteiger partial charge in [0, 0.05) is 56.5 Å². The summed E-state index contributed by atoms with van der Waals surface area (Å²) in [6, 6.07) is 5.32. The Hall–Kier alpha value is -3.29. The number of nitrogens with one attached hydrogen (secondary N) is 1. The first kappa shape index (κ1) is 27.3. The number of hydrogen-bond acceptors (Lipinski definition) is 7. The van der Waals surface area contributed by atoms with Gasteiger partial charge in [-0.25, -0.2) is 18.0 Å². The van der Waals surface area contributed by atoms with Crippen molar-refractivity contribution in [2.24, 2.45) is 0 Å². The summed E-state index contributed by atoms with van der Waals surface area (Å²) in [7, 11) is -2.64. The first-order valence-corrected chi connectivity index (χ1v) is 14.4. The first-order valence-electron chi connectivity index (χ1n) is 12.9. The van der Waals surface area contributed by atoms with Gasteiger partial charge in [0.05, 0.1) is 36.5 Å². The number of pyridine rings is 1. The van der Waals surface area contributed by atoms with E-state index < -0.39 is 27.8 Å². The minimum absolute atomic E-state index is 0.0518. The zero-order valence-corrected chi connectivity index (χ0v) is 22.6. The molecule has 2 aliphatic heterocycles. The predicted octanol–water partition coefficient (Wildman–Crippen LogP) is 3.44. The number of amides is 1. The van der Waals surface area contributed by atoms with E-state index in [-0.39, 0.29) is 30.0 Å². The molecule has 1 amide bonds. The predicted molar refractivity (Wildman–Crippen MR) is 140 cm³/mol. The number of rotatable bonds is 8. The molecule has 0 bridgehead atoms. The van der Waals surface area contributed by atoms with Gasteiger partial charge in [-0.1, -0.05) is 6.92 Å². The fraction of sp³-hybridized carbons (Fsp3) is 0.462. The van der Waals surface area contributed by atoms with E-state index in [0.29, 0.717) is 55.8 Å². The number of carbonyl (C=O) groups is 1. The molecular weight excluding hydrogens is 532 g/mol. The van der Waals surface area contributed by atoms with Crippen molar-refractivity contribution >= 4 is 27.3 Å². The van der Waals surface area contributed by atoms with Crippen LogP contribution in [0.25, 0.3) is 5.52 Å². The Morgan fingerprint density at radius 3 is 2.74 bits per heavy atom. The summed E-state index contributed by atoms with van der Waals surface area (Å²) in [6.07, 6.45) is 5.41. The lowest BCUT2D eigenvalue weighted by atomic mass is 10.0. The molecule has 0 spiro atoms. The summed E-state index contributed by atoms with van der Waals surface area (Å²) in [4.78, 5) is 14.9. The summed E-state index contributed by atoms with van der Waals surface area (Å²) >= 11 is 0. The summed E-state index contributed by atoms with van der Waals surface area (Å²) < 4.78 is 70.3. The minimum atomic E-state index is -4.01.